The van der Waals surface area contributed by atoms with Crippen molar-refractivity contribution in [2.75, 3.05) is 11.4 Å². The van der Waals surface area contributed by atoms with E-state index in [1.807, 2.05) is 0 Å². The van der Waals surface area contributed by atoms with E-state index < -0.39 is 0 Å². The largest absolute Gasteiger partial charge is 0.328 e. The summed E-state index contributed by atoms with van der Waals surface area (Å²) in [5, 5.41) is 1.43. The Morgan fingerprint density at radius 2 is 1.74 bits per heavy atom. The Morgan fingerprint density at radius 1 is 1.00 bits per heavy atom. The van der Waals surface area contributed by atoms with E-state index >= 15 is 0 Å². The highest BCUT2D eigenvalue weighted by molar-refractivity contribution is 6.02. The maximum atomic E-state index is 4.63. The molecule has 2 aromatic carbocycles. The summed E-state index contributed by atoms with van der Waals surface area (Å²) in [5.41, 5.74) is 9.81. The summed E-state index contributed by atoms with van der Waals surface area (Å²) in [6.07, 6.45) is 6.68. The quantitative estimate of drug-likeness (QED) is 0.411. The van der Waals surface area contributed by atoms with Crippen molar-refractivity contribution in [2.45, 2.75) is 78.1 Å². The first kappa shape index (κ1) is 20.4. The van der Waals surface area contributed by atoms with Crippen LogP contribution in [0.2, 0.25) is 0 Å². The van der Waals surface area contributed by atoms with Gasteiger partial charge in [-0.15, -0.1) is 0 Å². The van der Waals surface area contributed by atoms with E-state index in [1.54, 1.807) is 5.56 Å². The molecule has 0 atom stereocenters. The van der Waals surface area contributed by atoms with Crippen LogP contribution in [0.4, 0.5) is 5.69 Å². The van der Waals surface area contributed by atoms with Gasteiger partial charge in [0.1, 0.15) is 5.82 Å². The van der Waals surface area contributed by atoms with Crippen LogP contribution >= 0.6 is 0 Å². The average molecular weight is 413 g/mol. The molecular formula is C29H36N2. The summed E-state index contributed by atoms with van der Waals surface area (Å²) in [5.74, 6) is 1.73. The number of anilines is 1. The Hall–Kier alpha value is -2.48. The Morgan fingerprint density at radius 3 is 2.42 bits per heavy atom. The molecule has 1 saturated carbocycles. The highest BCUT2D eigenvalue weighted by Gasteiger charge is 2.33. The second-order valence-corrected chi connectivity index (χ2v) is 10.6. The van der Waals surface area contributed by atoms with Gasteiger partial charge in [0.2, 0.25) is 0 Å². The van der Waals surface area contributed by atoms with Crippen molar-refractivity contribution >= 4 is 22.4 Å². The normalized spacial score (nSPS) is 17.2. The number of aryl methyl sites for hydroxylation is 1. The number of aromatic nitrogens is 1. The molecule has 0 saturated heterocycles. The molecule has 162 valence electrons. The highest BCUT2D eigenvalue weighted by Crippen LogP contribution is 2.51. The van der Waals surface area contributed by atoms with Crippen molar-refractivity contribution in [3.63, 3.8) is 0 Å². The van der Waals surface area contributed by atoms with Gasteiger partial charge in [-0.2, -0.15) is 0 Å². The zero-order valence-electron chi connectivity index (χ0n) is 19.9. The minimum Gasteiger partial charge on any atom is -0.328 e. The standard InChI is InChI=1S/C29H36N2/c1-7-30-20(3)31-26-18-22(29(4,5)6)14-16-23(26)27(21-11-9-8-10-12-21)28(31)24-15-13-19(2)17-25(24)30/h13-18,21H,3,7-12H2,1-2,4-6H3. The van der Waals surface area contributed by atoms with Crippen LogP contribution in [0.1, 0.15) is 82.4 Å². The molecule has 0 radical (unpaired) electrons. The monoisotopic (exact) mass is 412 g/mol. The molecule has 0 N–H and O–H groups in total. The smallest absolute Gasteiger partial charge is 0.110 e. The van der Waals surface area contributed by atoms with E-state index in [1.165, 1.54) is 71.1 Å². The van der Waals surface area contributed by atoms with Gasteiger partial charge in [-0.05, 0) is 66.8 Å². The number of hydrogen-bond acceptors (Lipinski definition) is 1. The number of hydrogen-bond donors (Lipinski definition) is 0. The SMILES string of the molecule is C=C1N(CC)c2cc(C)ccc2-c2c(C3CCCCC3)c3ccc(C(C)(C)C)cc3n21. The molecule has 3 aromatic rings. The molecule has 0 unspecified atom stereocenters. The third-order valence-corrected chi connectivity index (χ3v) is 7.47. The van der Waals surface area contributed by atoms with E-state index in [2.05, 4.69) is 87.1 Å². The molecular weight excluding hydrogens is 376 g/mol. The van der Waals surface area contributed by atoms with Gasteiger partial charge in [-0.3, -0.25) is 4.57 Å². The Kier molecular flexibility index (Phi) is 4.80. The topological polar surface area (TPSA) is 8.17 Å². The summed E-state index contributed by atoms with van der Waals surface area (Å²) in [6, 6.07) is 14.2. The van der Waals surface area contributed by atoms with Gasteiger partial charge in [0.25, 0.3) is 0 Å². The first-order valence-electron chi connectivity index (χ1n) is 12.1. The number of rotatable bonds is 2. The summed E-state index contributed by atoms with van der Waals surface area (Å²) < 4.78 is 2.48. The molecule has 1 fully saturated rings. The Bertz CT molecular complexity index is 1170. The van der Waals surface area contributed by atoms with Crippen LogP contribution < -0.4 is 4.90 Å². The molecule has 31 heavy (non-hydrogen) atoms. The van der Waals surface area contributed by atoms with Crippen LogP contribution in [0.3, 0.4) is 0 Å². The van der Waals surface area contributed by atoms with Crippen LogP contribution in [0.25, 0.3) is 28.0 Å². The number of fused-ring (bicyclic) bond motifs is 5. The summed E-state index contributed by atoms with van der Waals surface area (Å²) >= 11 is 0. The van der Waals surface area contributed by atoms with Gasteiger partial charge < -0.3 is 4.90 Å². The second-order valence-electron chi connectivity index (χ2n) is 10.6. The molecule has 2 aliphatic rings. The lowest BCUT2D eigenvalue weighted by Crippen LogP contribution is -2.28. The van der Waals surface area contributed by atoms with Crippen LogP contribution in [0.5, 0.6) is 0 Å². The molecule has 0 bridgehead atoms. The van der Waals surface area contributed by atoms with E-state index in [-0.39, 0.29) is 5.41 Å². The van der Waals surface area contributed by atoms with E-state index in [0.717, 1.165) is 12.4 Å². The van der Waals surface area contributed by atoms with Crippen LogP contribution in [0.15, 0.2) is 43.0 Å². The molecule has 0 amide bonds. The molecule has 0 spiro atoms. The lowest BCUT2D eigenvalue weighted by molar-refractivity contribution is 0.446. The molecule has 2 heterocycles. The van der Waals surface area contributed by atoms with Gasteiger partial charge in [0.15, 0.2) is 0 Å². The van der Waals surface area contributed by atoms with Gasteiger partial charge in [-0.1, -0.05) is 70.9 Å². The summed E-state index contributed by atoms with van der Waals surface area (Å²) in [7, 11) is 0. The average Bonchev–Trinajstić information content (AvgIpc) is 3.09. The fourth-order valence-corrected chi connectivity index (χ4v) is 5.80. The third-order valence-electron chi connectivity index (χ3n) is 7.47. The van der Waals surface area contributed by atoms with Crippen molar-refractivity contribution in [1.82, 2.24) is 4.57 Å². The summed E-state index contributed by atoms with van der Waals surface area (Å²) in [4.78, 5) is 2.39. The first-order chi connectivity index (χ1) is 14.8. The Balaban J connectivity index is 1.88. The molecule has 1 aromatic heterocycles. The van der Waals surface area contributed by atoms with E-state index in [0.29, 0.717) is 5.92 Å². The first-order valence-corrected chi connectivity index (χ1v) is 12.1. The van der Waals surface area contributed by atoms with Crippen LogP contribution in [0, 0.1) is 6.92 Å². The number of nitrogens with zero attached hydrogens (tertiary/aromatic N) is 2. The lowest BCUT2D eigenvalue weighted by Gasteiger charge is -2.35. The molecule has 1 aliphatic carbocycles. The fraction of sp³-hybridized carbons (Fsp3) is 0.448. The fourth-order valence-electron chi connectivity index (χ4n) is 5.80. The number of benzene rings is 2. The van der Waals surface area contributed by atoms with Crippen molar-refractivity contribution in [3.05, 3.63) is 59.7 Å². The maximum absolute atomic E-state index is 4.63. The van der Waals surface area contributed by atoms with Crippen LogP contribution in [-0.4, -0.2) is 11.1 Å². The maximum Gasteiger partial charge on any atom is 0.110 e. The van der Waals surface area contributed by atoms with Gasteiger partial charge in [0.05, 0.1) is 16.9 Å². The van der Waals surface area contributed by atoms with Crippen LogP contribution in [-0.2, 0) is 5.41 Å². The minimum absolute atomic E-state index is 0.124. The highest BCUT2D eigenvalue weighted by atomic mass is 15.3. The Labute approximate surface area is 187 Å². The zero-order chi connectivity index (χ0) is 21.9. The van der Waals surface area contributed by atoms with Crippen molar-refractivity contribution < 1.29 is 0 Å². The van der Waals surface area contributed by atoms with Crippen molar-refractivity contribution in [2.24, 2.45) is 0 Å². The predicted molar refractivity (Wildman–Crippen MR) is 135 cm³/mol. The molecule has 2 heteroatoms. The van der Waals surface area contributed by atoms with Crippen molar-refractivity contribution in [3.8, 4) is 11.3 Å². The third kappa shape index (κ3) is 3.14. The lowest BCUT2D eigenvalue weighted by atomic mass is 9.81. The van der Waals surface area contributed by atoms with Gasteiger partial charge in [0, 0.05) is 17.5 Å². The molecule has 1 aliphatic heterocycles. The molecule has 2 nitrogen and oxygen atoms in total. The zero-order valence-corrected chi connectivity index (χ0v) is 19.9. The minimum atomic E-state index is 0.124. The summed E-state index contributed by atoms with van der Waals surface area (Å²) in [6.45, 7) is 16.9. The van der Waals surface area contributed by atoms with E-state index in [4.69, 9.17) is 0 Å². The molecule has 5 rings (SSSR count). The van der Waals surface area contributed by atoms with Gasteiger partial charge >= 0.3 is 0 Å². The van der Waals surface area contributed by atoms with E-state index in [9.17, 15) is 0 Å². The predicted octanol–water partition coefficient (Wildman–Crippen LogP) is 8.23. The van der Waals surface area contributed by atoms with Gasteiger partial charge in [-0.25, -0.2) is 0 Å². The second kappa shape index (κ2) is 7.29. The van der Waals surface area contributed by atoms with Crippen molar-refractivity contribution in [1.29, 1.82) is 0 Å².